The summed E-state index contributed by atoms with van der Waals surface area (Å²) in [5.41, 5.74) is 0.358. The van der Waals surface area contributed by atoms with Crippen LogP contribution in [0.2, 0.25) is 0 Å². The van der Waals surface area contributed by atoms with Gasteiger partial charge in [0.05, 0.1) is 23.7 Å². The van der Waals surface area contributed by atoms with E-state index < -0.39 is 17.7 Å². The number of aromatic nitrogens is 1. The van der Waals surface area contributed by atoms with E-state index in [0.29, 0.717) is 17.8 Å². The third-order valence-electron chi connectivity index (χ3n) is 6.54. The van der Waals surface area contributed by atoms with Crippen LogP contribution in [0.15, 0.2) is 48.8 Å². The minimum Gasteiger partial charge on any atom is -0.373 e. The number of amides is 1. The van der Waals surface area contributed by atoms with Crippen molar-refractivity contribution in [3.63, 3.8) is 0 Å². The molecule has 4 nitrogen and oxygen atoms in total. The standard InChI is InChI=1S/C21H19F3N2O2/c1-10-14-15(10)19-17(16(18(14)28-19)11-5-7-25-8-6-11)20(27)26-13-4-2-3-12(9-13)21(22,23)24/h2-10,14-19H,1H3,(H,26,27)/t10?,14?,15?,16-,17-,18+,19-/m1/s1. The van der Waals surface area contributed by atoms with Gasteiger partial charge in [-0.15, -0.1) is 0 Å². The Morgan fingerprint density at radius 3 is 2.54 bits per heavy atom. The van der Waals surface area contributed by atoms with Crippen molar-refractivity contribution in [3.05, 3.63) is 59.9 Å². The fourth-order valence-electron chi connectivity index (χ4n) is 5.28. The van der Waals surface area contributed by atoms with Crippen molar-refractivity contribution in [1.29, 1.82) is 0 Å². The van der Waals surface area contributed by atoms with Gasteiger partial charge in [0.25, 0.3) is 0 Å². The summed E-state index contributed by atoms with van der Waals surface area (Å²) in [6.07, 6.45) is -1.28. The second kappa shape index (κ2) is 6.04. The van der Waals surface area contributed by atoms with Crippen molar-refractivity contribution in [1.82, 2.24) is 4.98 Å². The molecule has 3 heterocycles. The number of fused-ring (bicyclic) bond motifs is 5. The molecule has 0 spiro atoms. The van der Waals surface area contributed by atoms with Crippen molar-refractivity contribution < 1.29 is 22.7 Å². The Morgan fingerprint density at radius 2 is 1.82 bits per heavy atom. The van der Waals surface area contributed by atoms with Gasteiger partial charge in [-0.1, -0.05) is 13.0 Å². The quantitative estimate of drug-likeness (QED) is 0.861. The molecule has 0 radical (unpaired) electrons. The van der Waals surface area contributed by atoms with Crippen LogP contribution in [0, 0.1) is 23.7 Å². The monoisotopic (exact) mass is 388 g/mol. The van der Waals surface area contributed by atoms with Crippen molar-refractivity contribution in [2.45, 2.75) is 31.2 Å². The molecule has 1 N–H and O–H groups in total. The van der Waals surface area contributed by atoms with Crippen LogP contribution >= 0.6 is 0 Å². The summed E-state index contributed by atoms with van der Waals surface area (Å²) in [6, 6.07) is 8.52. The molecule has 2 bridgehead atoms. The third-order valence-corrected chi connectivity index (χ3v) is 6.54. The topological polar surface area (TPSA) is 51.2 Å². The minimum atomic E-state index is -4.45. The number of alkyl halides is 3. The van der Waals surface area contributed by atoms with Crippen LogP contribution in [-0.4, -0.2) is 23.1 Å². The molecule has 146 valence electrons. The minimum absolute atomic E-state index is 0.0235. The highest BCUT2D eigenvalue weighted by molar-refractivity contribution is 5.94. The van der Waals surface area contributed by atoms with Gasteiger partial charge in [0.1, 0.15) is 0 Å². The zero-order valence-electron chi connectivity index (χ0n) is 15.1. The molecule has 1 aromatic heterocycles. The van der Waals surface area contributed by atoms with E-state index in [1.54, 1.807) is 12.4 Å². The summed E-state index contributed by atoms with van der Waals surface area (Å²) in [4.78, 5) is 17.2. The molecular formula is C21H19F3N2O2. The summed E-state index contributed by atoms with van der Waals surface area (Å²) in [7, 11) is 0. The Kier molecular flexibility index (Phi) is 3.81. The Bertz CT molecular complexity index is 917. The molecule has 7 heteroatoms. The third kappa shape index (κ3) is 2.64. The van der Waals surface area contributed by atoms with Gasteiger partial charge in [-0.2, -0.15) is 13.2 Å². The molecule has 7 atom stereocenters. The highest BCUT2D eigenvalue weighted by Gasteiger charge is 2.72. The smallest absolute Gasteiger partial charge is 0.373 e. The number of pyridine rings is 1. The van der Waals surface area contributed by atoms with E-state index in [0.717, 1.165) is 17.7 Å². The van der Waals surface area contributed by atoms with E-state index in [2.05, 4.69) is 17.2 Å². The Labute approximate surface area is 160 Å². The van der Waals surface area contributed by atoms with Gasteiger partial charge in [-0.3, -0.25) is 9.78 Å². The van der Waals surface area contributed by atoms with Gasteiger partial charge in [-0.05, 0) is 53.6 Å². The Morgan fingerprint density at radius 1 is 1.11 bits per heavy atom. The van der Waals surface area contributed by atoms with Gasteiger partial charge >= 0.3 is 6.18 Å². The van der Waals surface area contributed by atoms with Crippen molar-refractivity contribution in [3.8, 4) is 0 Å². The summed E-state index contributed by atoms with van der Waals surface area (Å²) < 4.78 is 45.1. The average Bonchev–Trinajstić information content (AvgIpc) is 3.03. The van der Waals surface area contributed by atoms with Gasteiger partial charge < -0.3 is 10.1 Å². The van der Waals surface area contributed by atoms with E-state index in [1.165, 1.54) is 12.1 Å². The fraction of sp³-hybridized carbons (Fsp3) is 0.429. The van der Waals surface area contributed by atoms with Crippen LogP contribution < -0.4 is 5.32 Å². The van der Waals surface area contributed by atoms with Crippen molar-refractivity contribution in [2.24, 2.45) is 23.7 Å². The lowest BCUT2D eigenvalue weighted by molar-refractivity contribution is -0.137. The number of anilines is 1. The highest BCUT2D eigenvalue weighted by Crippen LogP contribution is 2.68. The maximum absolute atomic E-state index is 13.1. The first kappa shape index (κ1) is 17.7. The number of nitrogens with zero attached hydrogens (tertiary/aromatic N) is 1. The van der Waals surface area contributed by atoms with Crippen LogP contribution in [-0.2, 0) is 15.7 Å². The van der Waals surface area contributed by atoms with Crippen molar-refractivity contribution in [2.75, 3.05) is 5.32 Å². The summed E-state index contributed by atoms with van der Waals surface area (Å²) in [6.45, 7) is 2.18. The average molecular weight is 388 g/mol. The van der Waals surface area contributed by atoms with Gasteiger partial charge in [0.2, 0.25) is 5.91 Å². The first-order valence-corrected chi connectivity index (χ1v) is 9.40. The lowest BCUT2D eigenvalue weighted by atomic mass is 9.75. The molecule has 1 aromatic carbocycles. The highest BCUT2D eigenvalue weighted by atomic mass is 19.4. The second-order valence-corrected chi connectivity index (χ2v) is 7.98. The normalized spacial score (nSPS) is 35.5. The number of carbonyl (C=O) groups is 1. The summed E-state index contributed by atoms with van der Waals surface area (Å²) in [5, 5.41) is 2.70. The molecule has 3 unspecified atom stereocenters. The predicted molar refractivity (Wildman–Crippen MR) is 95.3 cm³/mol. The molecule has 1 aliphatic carbocycles. The van der Waals surface area contributed by atoms with Crippen LogP contribution in [0.4, 0.5) is 18.9 Å². The van der Waals surface area contributed by atoms with E-state index in [1.807, 2.05) is 12.1 Å². The molecule has 1 amide bonds. The van der Waals surface area contributed by atoms with Crippen LogP contribution in [0.5, 0.6) is 0 Å². The first-order chi connectivity index (χ1) is 13.4. The number of benzene rings is 1. The molecule has 1 saturated carbocycles. The van der Waals surface area contributed by atoms with Crippen molar-refractivity contribution >= 4 is 11.6 Å². The van der Waals surface area contributed by atoms with E-state index in [-0.39, 0.29) is 29.7 Å². The Hall–Kier alpha value is -2.41. The van der Waals surface area contributed by atoms with E-state index in [9.17, 15) is 18.0 Å². The largest absolute Gasteiger partial charge is 0.416 e. The number of rotatable bonds is 3. The molecule has 2 aromatic rings. The van der Waals surface area contributed by atoms with Crippen LogP contribution in [0.3, 0.4) is 0 Å². The lowest BCUT2D eigenvalue weighted by Crippen LogP contribution is -2.37. The molecule has 3 fully saturated rings. The summed E-state index contributed by atoms with van der Waals surface area (Å²) >= 11 is 0. The summed E-state index contributed by atoms with van der Waals surface area (Å²) in [5.74, 6) is 0.518. The Balaban J connectivity index is 1.43. The predicted octanol–water partition coefficient (Wildman–Crippen LogP) is 4.10. The zero-order valence-corrected chi connectivity index (χ0v) is 15.1. The number of hydrogen-bond donors (Lipinski definition) is 1. The molecule has 2 saturated heterocycles. The van der Waals surface area contributed by atoms with E-state index in [4.69, 9.17) is 4.74 Å². The second-order valence-electron chi connectivity index (χ2n) is 7.98. The number of carbonyl (C=O) groups excluding carboxylic acids is 1. The molecule has 2 aliphatic heterocycles. The first-order valence-electron chi connectivity index (χ1n) is 9.40. The van der Waals surface area contributed by atoms with Gasteiger partial charge in [-0.25, -0.2) is 0 Å². The van der Waals surface area contributed by atoms with Gasteiger partial charge in [0, 0.05) is 24.0 Å². The van der Waals surface area contributed by atoms with E-state index >= 15 is 0 Å². The zero-order chi connectivity index (χ0) is 19.6. The number of nitrogens with one attached hydrogen (secondary N) is 1. The SMILES string of the molecule is CC1C2C1[C@@H]1O[C@H]2[C@H](C(=O)Nc2cccc(C(F)(F)F)c2)[C@H]1c1ccncc1. The molecule has 28 heavy (non-hydrogen) atoms. The molecular weight excluding hydrogens is 369 g/mol. The maximum atomic E-state index is 13.1. The fourth-order valence-corrected chi connectivity index (χ4v) is 5.28. The van der Waals surface area contributed by atoms with Crippen LogP contribution in [0.25, 0.3) is 0 Å². The molecule has 3 aliphatic rings. The van der Waals surface area contributed by atoms with Crippen LogP contribution in [0.1, 0.15) is 24.0 Å². The van der Waals surface area contributed by atoms with Gasteiger partial charge in [0.15, 0.2) is 0 Å². The maximum Gasteiger partial charge on any atom is 0.416 e. The number of ether oxygens (including phenoxy) is 1. The lowest BCUT2D eigenvalue weighted by Gasteiger charge is -2.27. The number of hydrogen-bond acceptors (Lipinski definition) is 3. The molecule has 5 rings (SSSR count). The number of halogens is 3.